The molecule has 0 bridgehead atoms. The van der Waals surface area contributed by atoms with E-state index in [-0.39, 0.29) is 23.5 Å². The average molecular weight is 602 g/mol. The first-order valence-corrected chi connectivity index (χ1v) is 14.1. The minimum absolute atomic E-state index is 0.202. The third-order valence-electron chi connectivity index (χ3n) is 7.14. The summed E-state index contributed by atoms with van der Waals surface area (Å²) in [5, 5.41) is 13.1. The number of pyridine rings is 1. The number of carbonyl (C=O) groups is 3. The Hall–Kier alpha value is -5.20. The van der Waals surface area contributed by atoms with E-state index < -0.39 is 41.3 Å². The molecule has 1 atom stereocenters. The van der Waals surface area contributed by atoms with Gasteiger partial charge in [0.1, 0.15) is 6.54 Å². The van der Waals surface area contributed by atoms with Crippen molar-refractivity contribution < 1.29 is 23.5 Å². The summed E-state index contributed by atoms with van der Waals surface area (Å²) in [5.41, 5.74) is 1.22. The fraction of sp³-hybridized carbons (Fsp3) is 0.355. The van der Waals surface area contributed by atoms with Crippen LogP contribution in [0.25, 0.3) is 11.3 Å². The van der Waals surface area contributed by atoms with Crippen LogP contribution in [0.15, 0.2) is 64.1 Å². The quantitative estimate of drug-likeness (QED) is 0.241. The number of hydrogen-bond acceptors (Lipinski definition) is 10. The van der Waals surface area contributed by atoms with Crippen LogP contribution in [0.4, 0.5) is 10.6 Å². The van der Waals surface area contributed by atoms with E-state index in [9.17, 15) is 19.2 Å². The lowest BCUT2D eigenvalue weighted by Gasteiger charge is -2.21. The molecule has 1 unspecified atom stereocenters. The van der Waals surface area contributed by atoms with Crippen molar-refractivity contribution in [2.75, 3.05) is 12.4 Å². The lowest BCUT2D eigenvalue weighted by molar-refractivity contribution is -0.122. The van der Waals surface area contributed by atoms with Gasteiger partial charge in [-0.05, 0) is 43.4 Å². The summed E-state index contributed by atoms with van der Waals surface area (Å²) in [7, 11) is 1.15. The molecule has 2 amide bonds. The molecule has 0 fully saturated rings. The first-order valence-electron chi connectivity index (χ1n) is 14.1. The van der Waals surface area contributed by atoms with Gasteiger partial charge in [0.05, 0.1) is 36.2 Å². The molecule has 4 aromatic rings. The molecular formula is C31H35N7O6. The van der Waals surface area contributed by atoms with Crippen molar-refractivity contribution in [3.8, 4) is 11.3 Å². The lowest BCUT2D eigenvalue weighted by atomic mass is 9.88. The Bertz CT molecular complexity index is 1690. The molecule has 44 heavy (non-hydrogen) atoms. The molecule has 0 aliphatic carbocycles. The number of ether oxygens (including phenoxy) is 1. The molecule has 13 heteroatoms. The van der Waals surface area contributed by atoms with Crippen LogP contribution in [0.2, 0.25) is 0 Å². The van der Waals surface area contributed by atoms with Gasteiger partial charge >= 0.3 is 6.09 Å². The molecule has 1 aromatic carbocycles. The van der Waals surface area contributed by atoms with E-state index in [1.54, 1.807) is 50.4 Å². The molecule has 2 N–H and O–H groups in total. The van der Waals surface area contributed by atoms with Gasteiger partial charge in [0, 0.05) is 6.20 Å². The van der Waals surface area contributed by atoms with Gasteiger partial charge in [-0.2, -0.15) is 0 Å². The smallest absolute Gasteiger partial charge is 0.412 e. The third kappa shape index (κ3) is 6.88. The van der Waals surface area contributed by atoms with Crippen molar-refractivity contribution >= 4 is 23.6 Å². The highest BCUT2D eigenvalue weighted by Gasteiger charge is 2.35. The summed E-state index contributed by atoms with van der Waals surface area (Å²) >= 11 is 0. The molecular weight excluding hydrogens is 566 g/mol. The van der Waals surface area contributed by atoms with Crippen molar-refractivity contribution in [1.82, 2.24) is 30.0 Å². The summed E-state index contributed by atoms with van der Waals surface area (Å²) in [4.78, 5) is 60.6. The van der Waals surface area contributed by atoms with Crippen LogP contribution < -0.4 is 16.2 Å². The zero-order valence-corrected chi connectivity index (χ0v) is 25.5. The fourth-order valence-corrected chi connectivity index (χ4v) is 4.44. The summed E-state index contributed by atoms with van der Waals surface area (Å²) in [6, 6.07) is 11.7. The highest BCUT2D eigenvalue weighted by molar-refractivity contribution is 5.98. The monoisotopic (exact) mass is 601 g/mol. The van der Waals surface area contributed by atoms with Crippen LogP contribution in [0.3, 0.4) is 0 Å². The van der Waals surface area contributed by atoms with E-state index in [0.717, 1.165) is 23.7 Å². The third-order valence-corrected chi connectivity index (χ3v) is 7.14. The number of nitrogens with zero attached hydrogens (tertiary/aromatic N) is 5. The average Bonchev–Trinajstić information content (AvgIpc) is 3.53. The van der Waals surface area contributed by atoms with Gasteiger partial charge in [-0.3, -0.25) is 29.3 Å². The number of ketones is 1. The molecule has 0 aliphatic rings. The Morgan fingerprint density at radius 3 is 2.36 bits per heavy atom. The number of methoxy groups -OCH3 is 1. The molecule has 0 saturated carbocycles. The first kappa shape index (κ1) is 31.7. The zero-order valence-electron chi connectivity index (χ0n) is 25.5. The molecule has 0 aliphatic heterocycles. The van der Waals surface area contributed by atoms with Crippen LogP contribution in [-0.4, -0.2) is 55.7 Å². The number of aromatic nitrogens is 5. The number of amides is 2. The van der Waals surface area contributed by atoms with Crippen LogP contribution in [0.5, 0.6) is 0 Å². The van der Waals surface area contributed by atoms with Gasteiger partial charge in [0.25, 0.3) is 11.4 Å². The summed E-state index contributed by atoms with van der Waals surface area (Å²) in [5.74, 6) is -1.94. The second-order valence-corrected chi connectivity index (χ2v) is 11.0. The second kappa shape index (κ2) is 13.4. The van der Waals surface area contributed by atoms with Gasteiger partial charge in [-0.25, -0.2) is 9.78 Å². The summed E-state index contributed by atoms with van der Waals surface area (Å²) in [6.07, 6.45) is 3.12. The number of Topliss-reactive ketones (excluding diaryl/α,β-unsaturated/α-hetero) is 1. The van der Waals surface area contributed by atoms with Crippen LogP contribution in [-0.2, 0) is 27.9 Å². The number of benzene rings is 1. The molecule has 0 spiro atoms. The van der Waals surface area contributed by atoms with Crippen molar-refractivity contribution in [3.05, 3.63) is 88.3 Å². The van der Waals surface area contributed by atoms with E-state index >= 15 is 0 Å². The maximum absolute atomic E-state index is 13.5. The van der Waals surface area contributed by atoms with Crippen molar-refractivity contribution in [1.29, 1.82) is 0 Å². The maximum atomic E-state index is 13.5. The SMILES string of the molecule is CCc1ccc(C(C)(C)c2nnc(C(=O)C(NC(=O)Cn3c(-c4ccccc4)cnc(NC(=O)OC)c3=O)C(C)C)o2)nc1. The van der Waals surface area contributed by atoms with Crippen molar-refractivity contribution in [2.24, 2.45) is 5.92 Å². The predicted molar refractivity (Wildman–Crippen MR) is 161 cm³/mol. The Morgan fingerprint density at radius 2 is 1.75 bits per heavy atom. The topological polar surface area (TPSA) is 171 Å². The predicted octanol–water partition coefficient (Wildman–Crippen LogP) is 3.78. The Labute approximate surface area is 254 Å². The minimum Gasteiger partial charge on any atom is -0.453 e. The number of anilines is 1. The number of nitrogens with one attached hydrogen (secondary N) is 2. The summed E-state index contributed by atoms with van der Waals surface area (Å²) < 4.78 is 11.6. The van der Waals surface area contributed by atoms with Gasteiger partial charge in [0.15, 0.2) is 0 Å². The first-order chi connectivity index (χ1) is 21.0. The Kier molecular flexibility index (Phi) is 9.67. The number of hydrogen-bond donors (Lipinski definition) is 2. The highest BCUT2D eigenvalue weighted by Crippen LogP contribution is 2.29. The van der Waals surface area contributed by atoms with Gasteiger partial charge in [-0.1, -0.05) is 57.2 Å². The molecule has 3 aromatic heterocycles. The van der Waals surface area contributed by atoms with Crippen molar-refractivity contribution in [2.45, 2.75) is 59.0 Å². The van der Waals surface area contributed by atoms with E-state index in [1.807, 2.05) is 32.9 Å². The minimum atomic E-state index is -1.04. The van der Waals surface area contributed by atoms with Crippen molar-refractivity contribution in [3.63, 3.8) is 0 Å². The van der Waals surface area contributed by atoms with Gasteiger partial charge in [-0.15, -0.1) is 10.2 Å². The molecule has 13 nitrogen and oxygen atoms in total. The number of aryl methyl sites for hydroxylation is 1. The van der Waals surface area contributed by atoms with Crippen LogP contribution in [0.1, 0.15) is 62.5 Å². The van der Waals surface area contributed by atoms with Crippen LogP contribution in [0, 0.1) is 5.92 Å². The lowest BCUT2D eigenvalue weighted by Crippen LogP contribution is -2.46. The molecule has 4 rings (SSSR count). The Balaban J connectivity index is 1.58. The Morgan fingerprint density at radius 1 is 1.02 bits per heavy atom. The largest absolute Gasteiger partial charge is 0.453 e. The normalized spacial score (nSPS) is 12.1. The molecule has 230 valence electrons. The molecule has 3 heterocycles. The van der Waals surface area contributed by atoms with E-state index in [2.05, 4.69) is 35.5 Å². The van der Waals surface area contributed by atoms with E-state index in [0.29, 0.717) is 17.0 Å². The number of rotatable bonds is 11. The maximum Gasteiger partial charge on any atom is 0.412 e. The summed E-state index contributed by atoms with van der Waals surface area (Å²) in [6.45, 7) is 8.82. The highest BCUT2D eigenvalue weighted by atomic mass is 16.5. The number of carbonyl (C=O) groups excluding carboxylic acids is 3. The fourth-order valence-electron chi connectivity index (χ4n) is 4.44. The zero-order chi connectivity index (χ0) is 32.0. The second-order valence-electron chi connectivity index (χ2n) is 11.0. The van der Waals surface area contributed by atoms with Gasteiger partial charge in [0.2, 0.25) is 23.4 Å². The van der Waals surface area contributed by atoms with Crippen LogP contribution >= 0.6 is 0 Å². The standard InChI is InChI=1S/C31H35N7O6/c1-7-19-13-14-22(32-15-19)31(4,5)29-37-36-27(44-29)25(40)24(18(2)3)34-23(39)17-38-21(20-11-9-8-10-12-20)16-33-26(28(38)41)35-30(42)43-6/h8-16,18,24H,7,17H2,1-6H3,(H,34,39)(H,33,35,42). The van der Waals surface area contributed by atoms with E-state index in [1.165, 1.54) is 6.20 Å². The molecule has 0 radical (unpaired) electrons. The van der Waals surface area contributed by atoms with E-state index in [4.69, 9.17) is 4.42 Å². The molecule has 0 saturated heterocycles. The van der Waals surface area contributed by atoms with Gasteiger partial charge < -0.3 is 14.5 Å².